The zero-order valence-corrected chi connectivity index (χ0v) is 13.8. The van der Waals surface area contributed by atoms with Crippen molar-refractivity contribution in [1.29, 1.82) is 0 Å². The molecule has 0 aliphatic rings. The monoisotopic (exact) mass is 338 g/mol. The van der Waals surface area contributed by atoms with E-state index in [1.165, 1.54) is 0 Å². The van der Waals surface area contributed by atoms with Gasteiger partial charge in [0.05, 0.1) is 19.9 Å². The third-order valence-electron chi connectivity index (χ3n) is 3.44. The summed E-state index contributed by atoms with van der Waals surface area (Å²) < 4.78 is 13.7. The number of halogens is 1. The number of methoxy groups -OCH3 is 2. The van der Waals surface area contributed by atoms with Gasteiger partial charge in [-0.2, -0.15) is 0 Å². The molecule has 0 spiro atoms. The van der Waals surface area contributed by atoms with Gasteiger partial charge >= 0.3 is 0 Å². The molecule has 2 rings (SSSR count). The van der Waals surface area contributed by atoms with Gasteiger partial charge in [0, 0.05) is 13.1 Å². The third kappa shape index (κ3) is 2.98. The summed E-state index contributed by atoms with van der Waals surface area (Å²) >= 11 is 3.58. The molecule has 0 amide bonds. The van der Waals surface area contributed by atoms with Gasteiger partial charge in [-0.1, -0.05) is 6.07 Å². The molecule has 5 heteroatoms. The van der Waals surface area contributed by atoms with E-state index in [9.17, 15) is 0 Å². The molecule has 0 aliphatic carbocycles. The Morgan fingerprint density at radius 3 is 2.50 bits per heavy atom. The number of aryl methyl sites for hydroxylation is 3. The van der Waals surface area contributed by atoms with Crippen molar-refractivity contribution in [2.75, 3.05) is 14.2 Å². The molecule has 4 nitrogen and oxygen atoms in total. The lowest BCUT2D eigenvalue weighted by molar-refractivity contribution is 0.391. The average Bonchev–Trinajstić information content (AvgIpc) is 2.72. The number of rotatable bonds is 5. The summed E-state index contributed by atoms with van der Waals surface area (Å²) in [6.07, 6.45) is 1.74. The van der Waals surface area contributed by atoms with Crippen molar-refractivity contribution in [3.8, 4) is 11.5 Å². The summed E-state index contributed by atoms with van der Waals surface area (Å²) in [6.45, 7) is 2.00. The predicted molar refractivity (Wildman–Crippen MR) is 82.6 cm³/mol. The van der Waals surface area contributed by atoms with E-state index < -0.39 is 0 Å². The van der Waals surface area contributed by atoms with Gasteiger partial charge in [-0.3, -0.25) is 0 Å². The van der Waals surface area contributed by atoms with E-state index in [1.807, 2.05) is 36.7 Å². The van der Waals surface area contributed by atoms with Crippen LogP contribution >= 0.6 is 15.9 Å². The molecule has 0 fully saturated rings. The number of aromatic nitrogens is 2. The molecule has 0 saturated carbocycles. The van der Waals surface area contributed by atoms with Gasteiger partial charge in [0.1, 0.15) is 21.9 Å². The topological polar surface area (TPSA) is 36.3 Å². The quantitative estimate of drug-likeness (QED) is 0.839. The van der Waals surface area contributed by atoms with Crippen LogP contribution < -0.4 is 9.47 Å². The smallest absolute Gasteiger partial charge is 0.125 e. The highest BCUT2D eigenvalue weighted by molar-refractivity contribution is 9.10. The summed E-state index contributed by atoms with van der Waals surface area (Å²) in [5.74, 6) is 2.67. The molecule has 0 radical (unpaired) electrons. The highest BCUT2D eigenvalue weighted by atomic mass is 79.9. The van der Waals surface area contributed by atoms with Gasteiger partial charge in [0.25, 0.3) is 0 Å². The highest BCUT2D eigenvalue weighted by Gasteiger charge is 2.11. The van der Waals surface area contributed by atoms with Gasteiger partial charge in [-0.25, -0.2) is 4.98 Å². The Balaban J connectivity index is 2.16. The maximum absolute atomic E-state index is 5.42. The minimum absolute atomic E-state index is 0.806. The molecular formula is C15H19BrN2O2. The van der Waals surface area contributed by atoms with Crippen LogP contribution in [0.2, 0.25) is 0 Å². The van der Waals surface area contributed by atoms with E-state index in [0.29, 0.717) is 0 Å². The normalized spacial score (nSPS) is 10.7. The first-order valence-electron chi connectivity index (χ1n) is 6.45. The number of hydrogen-bond acceptors (Lipinski definition) is 3. The second-order valence-electron chi connectivity index (χ2n) is 4.63. The van der Waals surface area contributed by atoms with E-state index in [1.54, 1.807) is 14.2 Å². The summed E-state index contributed by atoms with van der Waals surface area (Å²) in [5.41, 5.74) is 2.23. The van der Waals surface area contributed by atoms with Gasteiger partial charge in [-0.15, -0.1) is 0 Å². The lowest BCUT2D eigenvalue weighted by atomic mass is 10.1. The lowest BCUT2D eigenvalue weighted by Crippen LogP contribution is -1.97. The van der Waals surface area contributed by atoms with Gasteiger partial charge in [-0.05, 0) is 47.3 Å². The molecular weight excluding hydrogens is 320 g/mol. The molecule has 20 heavy (non-hydrogen) atoms. The van der Waals surface area contributed by atoms with Crippen molar-refractivity contribution < 1.29 is 9.47 Å². The molecule has 1 heterocycles. The van der Waals surface area contributed by atoms with Gasteiger partial charge in [0.2, 0.25) is 0 Å². The molecule has 0 aliphatic heterocycles. The zero-order chi connectivity index (χ0) is 14.7. The van der Waals surface area contributed by atoms with Crippen molar-refractivity contribution >= 4 is 15.9 Å². The number of benzene rings is 1. The number of imidazole rings is 1. The number of nitrogens with zero attached hydrogens (tertiary/aromatic N) is 2. The van der Waals surface area contributed by atoms with Gasteiger partial charge < -0.3 is 14.0 Å². The second kappa shape index (κ2) is 6.31. The summed E-state index contributed by atoms with van der Waals surface area (Å²) in [5, 5.41) is 0. The standard InChI is InChI=1S/C15H19BrN2O2/c1-10-17-13(15(16)18(10)2)8-6-11-5-7-12(19-3)9-14(11)20-4/h5,7,9H,6,8H2,1-4H3. The van der Waals surface area contributed by atoms with E-state index in [0.717, 1.165) is 46.0 Å². The van der Waals surface area contributed by atoms with Crippen molar-refractivity contribution in [1.82, 2.24) is 9.55 Å². The van der Waals surface area contributed by atoms with Crippen LogP contribution in [0.5, 0.6) is 11.5 Å². The molecule has 2 aromatic rings. The lowest BCUT2D eigenvalue weighted by Gasteiger charge is -2.10. The fourth-order valence-corrected chi connectivity index (χ4v) is 2.67. The highest BCUT2D eigenvalue weighted by Crippen LogP contribution is 2.26. The first kappa shape index (κ1) is 14.9. The largest absolute Gasteiger partial charge is 0.497 e. The molecule has 108 valence electrons. The maximum atomic E-state index is 5.42. The second-order valence-corrected chi connectivity index (χ2v) is 5.38. The van der Waals surface area contributed by atoms with Crippen LogP contribution in [0.3, 0.4) is 0 Å². The minimum atomic E-state index is 0.806. The maximum Gasteiger partial charge on any atom is 0.125 e. The number of hydrogen-bond donors (Lipinski definition) is 0. The molecule has 1 aromatic heterocycles. The SMILES string of the molecule is COc1ccc(CCc2nc(C)n(C)c2Br)c(OC)c1. The fraction of sp³-hybridized carbons (Fsp3) is 0.400. The Morgan fingerprint density at radius 1 is 1.20 bits per heavy atom. The minimum Gasteiger partial charge on any atom is -0.497 e. The van der Waals surface area contributed by atoms with Crippen molar-refractivity contribution in [2.45, 2.75) is 19.8 Å². The van der Waals surface area contributed by atoms with Crippen LogP contribution in [-0.4, -0.2) is 23.8 Å². The molecule has 0 unspecified atom stereocenters. The first-order chi connectivity index (χ1) is 9.56. The zero-order valence-electron chi connectivity index (χ0n) is 12.2. The Bertz CT molecular complexity index is 608. The predicted octanol–water partition coefficient (Wildman–Crippen LogP) is 3.29. The van der Waals surface area contributed by atoms with E-state index >= 15 is 0 Å². The summed E-state index contributed by atoms with van der Waals surface area (Å²) in [7, 11) is 5.34. The molecule has 0 atom stereocenters. The van der Waals surface area contributed by atoms with Crippen molar-refractivity contribution in [3.05, 3.63) is 39.9 Å². The average molecular weight is 339 g/mol. The number of ether oxygens (including phenoxy) is 2. The molecule has 0 saturated heterocycles. The Kier molecular flexibility index (Phi) is 4.70. The molecule has 1 aromatic carbocycles. The Morgan fingerprint density at radius 2 is 1.95 bits per heavy atom. The van der Waals surface area contributed by atoms with Crippen LogP contribution in [0.25, 0.3) is 0 Å². The fourth-order valence-electron chi connectivity index (χ4n) is 2.12. The van der Waals surface area contributed by atoms with Crippen LogP contribution in [0.15, 0.2) is 22.8 Å². The molecule has 0 bridgehead atoms. The third-order valence-corrected chi connectivity index (χ3v) is 4.43. The van der Waals surface area contributed by atoms with Crippen LogP contribution in [0.4, 0.5) is 0 Å². The van der Waals surface area contributed by atoms with Crippen LogP contribution in [0, 0.1) is 6.92 Å². The van der Waals surface area contributed by atoms with Crippen LogP contribution in [-0.2, 0) is 19.9 Å². The van der Waals surface area contributed by atoms with Crippen molar-refractivity contribution in [3.63, 3.8) is 0 Å². The summed E-state index contributed by atoms with van der Waals surface area (Å²) in [4.78, 5) is 4.56. The molecule has 0 N–H and O–H groups in total. The first-order valence-corrected chi connectivity index (χ1v) is 7.24. The van der Waals surface area contributed by atoms with Gasteiger partial charge in [0.15, 0.2) is 0 Å². The van der Waals surface area contributed by atoms with Crippen molar-refractivity contribution in [2.24, 2.45) is 7.05 Å². The van der Waals surface area contributed by atoms with E-state index in [2.05, 4.69) is 20.9 Å². The van der Waals surface area contributed by atoms with Crippen LogP contribution in [0.1, 0.15) is 17.1 Å². The van der Waals surface area contributed by atoms with E-state index in [-0.39, 0.29) is 0 Å². The summed E-state index contributed by atoms with van der Waals surface area (Å²) in [6, 6.07) is 5.91. The Labute approximate surface area is 127 Å². The Hall–Kier alpha value is -1.49. The van der Waals surface area contributed by atoms with E-state index in [4.69, 9.17) is 9.47 Å².